The largest absolute Gasteiger partial charge is 1.00 e. The van der Waals surface area contributed by atoms with Gasteiger partial charge in [0.25, 0.3) is 0 Å². The molecule has 4 nitrogen and oxygen atoms in total. The molecule has 0 N–H and O–H groups in total. The minimum absolute atomic E-state index is 0. The smallest absolute Gasteiger partial charge is 0.445 e. The summed E-state index contributed by atoms with van der Waals surface area (Å²) in [4.78, 5) is 2.04. The van der Waals surface area contributed by atoms with Crippen molar-refractivity contribution < 1.29 is 72.7 Å². The van der Waals surface area contributed by atoms with E-state index in [4.69, 9.17) is 0 Å². The molecule has 0 aliphatic carbocycles. The summed E-state index contributed by atoms with van der Waals surface area (Å²) < 4.78 is 61.8. The predicted molar refractivity (Wildman–Crippen MR) is 76.8 cm³/mol. The van der Waals surface area contributed by atoms with Crippen LogP contribution in [0.3, 0.4) is 0 Å². The van der Waals surface area contributed by atoms with Gasteiger partial charge in [0, 0.05) is 32.7 Å². The van der Waals surface area contributed by atoms with Crippen LogP contribution in [0, 0.1) is 0 Å². The van der Waals surface area contributed by atoms with Crippen molar-refractivity contribution in [2.75, 3.05) is 32.4 Å². The van der Waals surface area contributed by atoms with Gasteiger partial charge >= 0.3 is 58.4 Å². The van der Waals surface area contributed by atoms with Gasteiger partial charge in [-0.1, -0.05) is 24.3 Å². The maximum absolute atomic E-state index is 12.5. The molecule has 1 aliphatic rings. The number of benzene rings is 1. The Morgan fingerprint density at radius 2 is 1.55 bits per heavy atom. The molecule has 0 aromatic heterocycles. The van der Waals surface area contributed by atoms with E-state index in [0.29, 0.717) is 32.7 Å². The molecule has 1 fully saturated rings. The number of hydrogen-bond donors (Lipinski definition) is 0. The first-order chi connectivity index (χ1) is 9.66. The van der Waals surface area contributed by atoms with Crippen LogP contribution in [0.1, 0.15) is 5.56 Å². The molecule has 0 bridgehead atoms. The molecule has 1 heterocycles. The molecule has 1 aliphatic heterocycles. The summed E-state index contributed by atoms with van der Waals surface area (Å²) in [5.41, 5.74) is 0.201. The standard InChI is InChI=1S/C12H17BF3N2O2S.K/c1-21(19,20)18-8-6-17(7-9-18)10-11-2-4-12(5-3-11)13(14,15)16;/h2-5H,6-10H2,1H3;/q-1;+1. The van der Waals surface area contributed by atoms with Gasteiger partial charge in [0.1, 0.15) is 0 Å². The summed E-state index contributed by atoms with van der Waals surface area (Å²) in [5, 5.41) is 0. The summed E-state index contributed by atoms with van der Waals surface area (Å²) in [5.74, 6) is 0. The average molecular weight is 360 g/mol. The van der Waals surface area contributed by atoms with Gasteiger partial charge in [0.05, 0.1) is 6.26 Å². The first kappa shape index (κ1) is 20.6. The Morgan fingerprint density at radius 3 is 1.95 bits per heavy atom. The Balaban J connectivity index is 0.00000242. The molecule has 0 amide bonds. The van der Waals surface area contributed by atoms with Crippen LogP contribution in [-0.2, 0) is 16.6 Å². The zero-order chi connectivity index (χ0) is 15.7. The molecule has 22 heavy (non-hydrogen) atoms. The Kier molecular flexibility index (Phi) is 7.60. The first-order valence-corrected chi connectivity index (χ1v) is 8.47. The molecule has 1 aromatic rings. The van der Waals surface area contributed by atoms with E-state index in [1.807, 2.05) is 4.90 Å². The van der Waals surface area contributed by atoms with Crippen molar-refractivity contribution in [1.29, 1.82) is 0 Å². The van der Waals surface area contributed by atoms with Crippen LogP contribution < -0.4 is 56.8 Å². The summed E-state index contributed by atoms with van der Waals surface area (Å²) >= 11 is 0. The van der Waals surface area contributed by atoms with E-state index in [9.17, 15) is 21.4 Å². The Labute approximate surface area is 171 Å². The summed E-state index contributed by atoms with van der Waals surface area (Å²) in [6.45, 7) is -2.42. The third kappa shape index (κ3) is 5.90. The van der Waals surface area contributed by atoms with Crippen molar-refractivity contribution in [3.05, 3.63) is 29.8 Å². The molecule has 1 aromatic carbocycles. The second-order valence-corrected chi connectivity index (χ2v) is 7.24. The minimum atomic E-state index is -4.95. The van der Waals surface area contributed by atoms with E-state index >= 15 is 0 Å². The number of sulfonamides is 1. The minimum Gasteiger partial charge on any atom is -0.445 e. The molecule has 0 spiro atoms. The van der Waals surface area contributed by atoms with Crippen molar-refractivity contribution in [1.82, 2.24) is 9.21 Å². The zero-order valence-electron chi connectivity index (χ0n) is 12.7. The van der Waals surface area contributed by atoms with Crippen molar-refractivity contribution in [2.45, 2.75) is 6.54 Å². The third-order valence-corrected chi connectivity index (χ3v) is 4.87. The van der Waals surface area contributed by atoms with Gasteiger partial charge in [-0.15, -0.1) is 5.46 Å². The van der Waals surface area contributed by atoms with E-state index in [1.54, 1.807) is 0 Å². The van der Waals surface area contributed by atoms with Crippen LogP contribution in [0.5, 0.6) is 0 Å². The molecule has 0 atom stereocenters. The molecule has 118 valence electrons. The van der Waals surface area contributed by atoms with Crippen LogP contribution in [0.4, 0.5) is 12.9 Å². The predicted octanol–water partition coefficient (Wildman–Crippen LogP) is -2.18. The summed E-state index contributed by atoms with van der Waals surface area (Å²) in [6, 6.07) is 5.16. The second-order valence-electron chi connectivity index (χ2n) is 5.25. The van der Waals surface area contributed by atoms with E-state index in [2.05, 4.69) is 0 Å². The average Bonchev–Trinajstić information content (AvgIpc) is 2.38. The SMILES string of the molecule is CS(=O)(=O)N1CCN(Cc2ccc([B-](F)(F)F)cc2)CC1.[K+]. The summed E-state index contributed by atoms with van der Waals surface area (Å²) in [6.07, 6.45) is 1.18. The maximum atomic E-state index is 12.5. The van der Waals surface area contributed by atoms with Gasteiger partial charge < -0.3 is 12.9 Å². The fraction of sp³-hybridized carbons (Fsp3) is 0.500. The van der Waals surface area contributed by atoms with E-state index in [1.165, 1.54) is 22.7 Å². The Hall–Kier alpha value is 0.581. The maximum Gasteiger partial charge on any atom is 1.00 e. The Bertz CT molecular complexity index is 587. The molecular formula is C12H17BF3KN2O2S. The van der Waals surface area contributed by atoms with Crippen LogP contribution >= 0.6 is 0 Å². The van der Waals surface area contributed by atoms with E-state index < -0.39 is 22.5 Å². The molecule has 2 rings (SSSR count). The van der Waals surface area contributed by atoms with Gasteiger partial charge in [-0.3, -0.25) is 4.90 Å². The number of nitrogens with zero attached hydrogens (tertiary/aromatic N) is 2. The zero-order valence-corrected chi connectivity index (χ0v) is 16.6. The van der Waals surface area contributed by atoms with Crippen LogP contribution in [0.25, 0.3) is 0 Å². The normalized spacial score (nSPS) is 18.0. The van der Waals surface area contributed by atoms with E-state index in [0.717, 1.165) is 17.7 Å². The quantitative estimate of drug-likeness (QED) is 0.574. The summed E-state index contributed by atoms with van der Waals surface area (Å²) in [7, 11) is -3.16. The molecule has 1 saturated heterocycles. The number of piperazine rings is 1. The van der Waals surface area contributed by atoms with Crippen molar-refractivity contribution in [3.63, 3.8) is 0 Å². The monoisotopic (exact) mass is 360 g/mol. The molecular weight excluding hydrogens is 343 g/mol. The topological polar surface area (TPSA) is 40.6 Å². The van der Waals surface area contributed by atoms with E-state index in [-0.39, 0.29) is 51.4 Å². The van der Waals surface area contributed by atoms with Crippen molar-refractivity contribution in [3.8, 4) is 0 Å². The van der Waals surface area contributed by atoms with Crippen LogP contribution in [0.2, 0.25) is 0 Å². The van der Waals surface area contributed by atoms with Crippen molar-refractivity contribution >= 4 is 22.5 Å². The van der Waals surface area contributed by atoms with Crippen molar-refractivity contribution in [2.24, 2.45) is 0 Å². The van der Waals surface area contributed by atoms with Crippen LogP contribution in [0.15, 0.2) is 24.3 Å². The number of rotatable bonds is 4. The van der Waals surface area contributed by atoms with Gasteiger partial charge in [0.15, 0.2) is 0 Å². The number of halogens is 3. The molecule has 0 unspecified atom stereocenters. The van der Waals surface area contributed by atoms with Crippen LogP contribution in [-0.4, -0.2) is 57.0 Å². The molecule has 0 radical (unpaired) electrons. The fourth-order valence-electron chi connectivity index (χ4n) is 2.32. The fourth-order valence-corrected chi connectivity index (χ4v) is 3.15. The second kappa shape index (κ2) is 8.11. The van der Waals surface area contributed by atoms with Gasteiger partial charge in [-0.25, -0.2) is 8.42 Å². The molecule has 0 saturated carbocycles. The van der Waals surface area contributed by atoms with Gasteiger partial charge in [-0.05, 0) is 5.56 Å². The van der Waals surface area contributed by atoms with Gasteiger partial charge in [-0.2, -0.15) is 4.31 Å². The van der Waals surface area contributed by atoms with Gasteiger partial charge in [0.2, 0.25) is 10.0 Å². The number of hydrogen-bond acceptors (Lipinski definition) is 3. The first-order valence-electron chi connectivity index (χ1n) is 6.62. The third-order valence-electron chi connectivity index (χ3n) is 3.56. The molecule has 10 heteroatoms. The Morgan fingerprint density at radius 1 is 1.05 bits per heavy atom.